The quantitative estimate of drug-likeness (QED) is 0.755. The summed E-state index contributed by atoms with van der Waals surface area (Å²) in [5.74, 6) is 0. The van der Waals surface area contributed by atoms with Crippen LogP contribution in [-0.4, -0.2) is 9.38 Å². The van der Waals surface area contributed by atoms with Crippen molar-refractivity contribution in [3.05, 3.63) is 36.3 Å². The van der Waals surface area contributed by atoms with Crippen LogP contribution in [-0.2, 0) is 0 Å². The number of fused-ring (bicyclic) bond motifs is 1. The van der Waals surface area contributed by atoms with Crippen LogP contribution in [0.15, 0.2) is 30.6 Å². The van der Waals surface area contributed by atoms with Crippen LogP contribution < -0.4 is 5.73 Å². The van der Waals surface area contributed by atoms with Crippen LogP contribution in [0.4, 0.5) is 0 Å². The Morgan fingerprint density at radius 1 is 1.54 bits per heavy atom. The Bertz CT molecular complexity index is 372. The number of hydrogen-bond acceptors (Lipinski definition) is 2. The number of pyridine rings is 1. The van der Waals surface area contributed by atoms with Gasteiger partial charge in [0.25, 0.3) is 0 Å². The zero-order valence-corrected chi connectivity index (χ0v) is 7.64. The lowest BCUT2D eigenvalue weighted by atomic mass is 10.2. The maximum absolute atomic E-state index is 5.88. The fraction of sp³-hybridized carbons (Fsp3) is 0.300. The predicted molar refractivity (Wildman–Crippen MR) is 52.4 cm³/mol. The Labute approximate surface area is 77.2 Å². The molecule has 0 saturated heterocycles. The fourth-order valence-corrected chi connectivity index (χ4v) is 1.34. The molecular formula is C10H13N3. The Morgan fingerprint density at radius 2 is 2.38 bits per heavy atom. The Morgan fingerprint density at radius 3 is 3.08 bits per heavy atom. The molecule has 3 heteroatoms. The van der Waals surface area contributed by atoms with Crippen LogP contribution in [0.1, 0.15) is 25.1 Å². The number of nitrogens with two attached hydrogens (primary N) is 1. The van der Waals surface area contributed by atoms with Gasteiger partial charge in [-0.25, -0.2) is 4.98 Å². The highest BCUT2D eigenvalue weighted by Crippen LogP contribution is 2.13. The van der Waals surface area contributed by atoms with Crippen molar-refractivity contribution in [2.24, 2.45) is 5.73 Å². The SMILES string of the molecule is CCC(N)c1cn2ccccc2n1. The van der Waals surface area contributed by atoms with E-state index in [9.17, 15) is 0 Å². The van der Waals surface area contributed by atoms with E-state index in [1.165, 1.54) is 0 Å². The fourth-order valence-electron chi connectivity index (χ4n) is 1.34. The minimum absolute atomic E-state index is 0.0555. The number of hydrogen-bond donors (Lipinski definition) is 1. The van der Waals surface area contributed by atoms with Gasteiger partial charge in [-0.1, -0.05) is 13.0 Å². The van der Waals surface area contributed by atoms with E-state index >= 15 is 0 Å². The second kappa shape index (κ2) is 3.18. The van der Waals surface area contributed by atoms with E-state index in [0.717, 1.165) is 17.8 Å². The highest BCUT2D eigenvalue weighted by atomic mass is 15.0. The van der Waals surface area contributed by atoms with Gasteiger partial charge in [0.1, 0.15) is 5.65 Å². The van der Waals surface area contributed by atoms with Gasteiger partial charge < -0.3 is 10.1 Å². The van der Waals surface area contributed by atoms with E-state index in [4.69, 9.17) is 5.73 Å². The van der Waals surface area contributed by atoms with E-state index in [0.29, 0.717) is 0 Å². The summed E-state index contributed by atoms with van der Waals surface area (Å²) in [4.78, 5) is 4.42. The molecule has 0 aliphatic rings. The molecule has 2 rings (SSSR count). The molecule has 1 unspecified atom stereocenters. The maximum atomic E-state index is 5.88. The van der Waals surface area contributed by atoms with Crippen molar-refractivity contribution in [2.75, 3.05) is 0 Å². The maximum Gasteiger partial charge on any atom is 0.137 e. The lowest BCUT2D eigenvalue weighted by Gasteiger charge is -2.01. The van der Waals surface area contributed by atoms with Crippen molar-refractivity contribution in [1.82, 2.24) is 9.38 Å². The van der Waals surface area contributed by atoms with Gasteiger partial charge in [-0.05, 0) is 18.6 Å². The van der Waals surface area contributed by atoms with E-state index < -0.39 is 0 Å². The average Bonchev–Trinajstić information content (AvgIpc) is 2.59. The Kier molecular flexibility index (Phi) is 2.02. The molecule has 0 bridgehead atoms. The largest absolute Gasteiger partial charge is 0.323 e. The Hall–Kier alpha value is -1.35. The molecular weight excluding hydrogens is 162 g/mol. The van der Waals surface area contributed by atoms with Crippen molar-refractivity contribution in [3.8, 4) is 0 Å². The van der Waals surface area contributed by atoms with Crippen molar-refractivity contribution in [1.29, 1.82) is 0 Å². The van der Waals surface area contributed by atoms with Crippen LogP contribution in [0, 0.1) is 0 Å². The van der Waals surface area contributed by atoms with Crippen LogP contribution in [0.25, 0.3) is 5.65 Å². The molecule has 3 nitrogen and oxygen atoms in total. The minimum atomic E-state index is 0.0555. The summed E-state index contributed by atoms with van der Waals surface area (Å²) < 4.78 is 1.99. The van der Waals surface area contributed by atoms with Crippen LogP contribution in [0.2, 0.25) is 0 Å². The monoisotopic (exact) mass is 175 g/mol. The summed E-state index contributed by atoms with van der Waals surface area (Å²) in [6.07, 6.45) is 4.89. The van der Waals surface area contributed by atoms with E-state index in [1.54, 1.807) is 0 Å². The molecule has 0 aliphatic carbocycles. The second-order valence-corrected chi connectivity index (χ2v) is 3.15. The van der Waals surface area contributed by atoms with Crippen LogP contribution in [0.5, 0.6) is 0 Å². The number of imidazole rings is 1. The molecule has 0 saturated carbocycles. The van der Waals surface area contributed by atoms with E-state index in [1.807, 2.05) is 35.0 Å². The molecule has 2 aromatic rings. The highest BCUT2D eigenvalue weighted by Gasteiger charge is 2.07. The summed E-state index contributed by atoms with van der Waals surface area (Å²) in [6, 6.07) is 5.99. The summed E-state index contributed by atoms with van der Waals surface area (Å²) >= 11 is 0. The topological polar surface area (TPSA) is 43.3 Å². The Balaban J connectivity index is 2.49. The van der Waals surface area contributed by atoms with E-state index in [2.05, 4.69) is 11.9 Å². The first-order valence-corrected chi connectivity index (χ1v) is 4.50. The van der Waals surface area contributed by atoms with Gasteiger partial charge in [0.2, 0.25) is 0 Å². The molecule has 1 atom stereocenters. The van der Waals surface area contributed by atoms with Gasteiger partial charge in [-0.2, -0.15) is 0 Å². The third-order valence-electron chi connectivity index (χ3n) is 2.20. The smallest absolute Gasteiger partial charge is 0.137 e. The molecule has 0 amide bonds. The summed E-state index contributed by atoms with van der Waals surface area (Å²) in [5.41, 5.74) is 7.81. The third kappa shape index (κ3) is 1.42. The van der Waals surface area contributed by atoms with Crippen molar-refractivity contribution >= 4 is 5.65 Å². The van der Waals surface area contributed by atoms with Crippen molar-refractivity contribution in [2.45, 2.75) is 19.4 Å². The molecule has 2 heterocycles. The van der Waals surface area contributed by atoms with Crippen LogP contribution in [0.3, 0.4) is 0 Å². The molecule has 13 heavy (non-hydrogen) atoms. The lowest BCUT2D eigenvalue weighted by Crippen LogP contribution is -2.08. The zero-order valence-electron chi connectivity index (χ0n) is 7.64. The van der Waals surface area contributed by atoms with Crippen molar-refractivity contribution in [3.63, 3.8) is 0 Å². The summed E-state index contributed by atoms with van der Waals surface area (Å²) in [5, 5.41) is 0. The van der Waals surface area contributed by atoms with Gasteiger partial charge in [0, 0.05) is 18.4 Å². The first-order chi connectivity index (χ1) is 6.31. The molecule has 0 fully saturated rings. The molecule has 68 valence electrons. The number of nitrogens with zero attached hydrogens (tertiary/aromatic N) is 2. The first-order valence-electron chi connectivity index (χ1n) is 4.50. The van der Waals surface area contributed by atoms with Gasteiger partial charge in [0.15, 0.2) is 0 Å². The minimum Gasteiger partial charge on any atom is -0.323 e. The normalized spacial score (nSPS) is 13.4. The molecule has 0 spiro atoms. The number of aromatic nitrogens is 2. The standard InChI is InChI=1S/C10H13N3/c1-2-8(11)9-7-13-6-4-3-5-10(13)12-9/h3-8H,2,11H2,1H3. The molecule has 0 aromatic carbocycles. The highest BCUT2D eigenvalue weighted by molar-refractivity contribution is 5.39. The van der Waals surface area contributed by atoms with Crippen LogP contribution >= 0.6 is 0 Å². The molecule has 2 N–H and O–H groups in total. The van der Waals surface area contributed by atoms with Gasteiger partial charge in [0.05, 0.1) is 5.69 Å². The summed E-state index contributed by atoms with van der Waals surface area (Å²) in [7, 11) is 0. The van der Waals surface area contributed by atoms with Gasteiger partial charge in [-0.15, -0.1) is 0 Å². The lowest BCUT2D eigenvalue weighted by molar-refractivity contribution is 0.680. The molecule has 0 aliphatic heterocycles. The summed E-state index contributed by atoms with van der Waals surface area (Å²) in [6.45, 7) is 2.06. The second-order valence-electron chi connectivity index (χ2n) is 3.15. The zero-order chi connectivity index (χ0) is 9.26. The van der Waals surface area contributed by atoms with Crippen molar-refractivity contribution < 1.29 is 0 Å². The third-order valence-corrected chi connectivity index (χ3v) is 2.20. The molecule has 2 aromatic heterocycles. The number of rotatable bonds is 2. The van der Waals surface area contributed by atoms with Gasteiger partial charge >= 0.3 is 0 Å². The first kappa shape index (κ1) is 8.26. The van der Waals surface area contributed by atoms with E-state index in [-0.39, 0.29) is 6.04 Å². The average molecular weight is 175 g/mol. The van der Waals surface area contributed by atoms with Gasteiger partial charge in [-0.3, -0.25) is 0 Å². The predicted octanol–water partition coefficient (Wildman–Crippen LogP) is 1.74. The molecule has 0 radical (unpaired) electrons.